The van der Waals surface area contributed by atoms with E-state index in [9.17, 15) is 9.59 Å². The van der Waals surface area contributed by atoms with Gasteiger partial charge in [-0.2, -0.15) is 0 Å². The number of nitrogen functional groups attached to an aromatic ring is 1. The molecule has 30 heavy (non-hydrogen) atoms. The van der Waals surface area contributed by atoms with E-state index in [0.717, 1.165) is 4.57 Å². The van der Waals surface area contributed by atoms with E-state index in [0.29, 0.717) is 28.4 Å². The Morgan fingerprint density at radius 1 is 1.03 bits per heavy atom. The number of benzene rings is 1. The lowest BCUT2D eigenvalue weighted by Crippen LogP contribution is -2.28. The van der Waals surface area contributed by atoms with Crippen molar-refractivity contribution in [2.75, 3.05) is 12.8 Å². The fourth-order valence-electron chi connectivity index (χ4n) is 2.63. The summed E-state index contributed by atoms with van der Waals surface area (Å²) in [4.78, 5) is 29.1. The van der Waals surface area contributed by atoms with Gasteiger partial charge in [0, 0.05) is 29.7 Å². The first-order valence-electron chi connectivity index (χ1n) is 9.20. The average Bonchev–Trinajstić information content (AvgIpc) is 3.14. The highest BCUT2D eigenvalue weighted by Gasteiger charge is 2.24. The Hall–Kier alpha value is -3.81. The number of rotatable bonds is 4. The third-order valence-corrected chi connectivity index (χ3v) is 3.95. The topological polar surface area (TPSA) is 106 Å². The first-order chi connectivity index (χ1) is 14.2. The van der Waals surface area contributed by atoms with E-state index in [1.807, 2.05) is 0 Å². The van der Waals surface area contributed by atoms with Gasteiger partial charge in [-0.25, -0.2) is 14.2 Å². The van der Waals surface area contributed by atoms with Crippen molar-refractivity contribution in [2.45, 2.75) is 26.4 Å². The van der Waals surface area contributed by atoms with Gasteiger partial charge in [0.2, 0.25) is 0 Å². The van der Waals surface area contributed by atoms with Crippen LogP contribution in [-0.4, -0.2) is 34.3 Å². The van der Waals surface area contributed by atoms with Gasteiger partial charge in [-0.1, -0.05) is 0 Å². The average molecular weight is 409 g/mol. The zero-order chi connectivity index (χ0) is 21.9. The summed E-state index contributed by atoms with van der Waals surface area (Å²) in [5, 5.41) is 0. The molecule has 0 atom stereocenters. The quantitative estimate of drug-likeness (QED) is 0.500. The molecule has 0 aliphatic carbocycles. The summed E-state index contributed by atoms with van der Waals surface area (Å²) >= 11 is 0. The van der Waals surface area contributed by atoms with Crippen LogP contribution in [0.1, 0.15) is 31.3 Å². The van der Waals surface area contributed by atoms with Crippen LogP contribution in [0.2, 0.25) is 0 Å². The van der Waals surface area contributed by atoms with Crippen LogP contribution in [0.4, 0.5) is 10.5 Å². The molecule has 8 heteroatoms. The molecule has 0 bridgehead atoms. The van der Waals surface area contributed by atoms with Crippen LogP contribution >= 0.6 is 0 Å². The Kier molecular flexibility index (Phi) is 5.77. The van der Waals surface area contributed by atoms with E-state index in [2.05, 4.69) is 4.98 Å². The minimum absolute atomic E-state index is 0.0356. The Morgan fingerprint density at radius 2 is 1.73 bits per heavy atom. The van der Waals surface area contributed by atoms with Crippen molar-refractivity contribution in [3.05, 3.63) is 60.6 Å². The number of hydrogen-bond acceptors (Lipinski definition) is 7. The first kappa shape index (κ1) is 20.9. The summed E-state index contributed by atoms with van der Waals surface area (Å²) in [5.41, 5.74) is 6.68. The second-order valence-electron chi connectivity index (χ2n) is 7.50. The van der Waals surface area contributed by atoms with Crippen molar-refractivity contribution >= 4 is 17.7 Å². The molecule has 2 N–H and O–H groups in total. The molecule has 0 spiro atoms. The van der Waals surface area contributed by atoms with E-state index < -0.39 is 17.7 Å². The largest absolute Gasteiger partial charge is 0.464 e. The van der Waals surface area contributed by atoms with Crippen molar-refractivity contribution in [1.29, 1.82) is 0 Å². The lowest BCUT2D eigenvalue weighted by atomic mass is 10.2. The van der Waals surface area contributed by atoms with Gasteiger partial charge in [0.05, 0.1) is 12.8 Å². The summed E-state index contributed by atoms with van der Waals surface area (Å²) < 4.78 is 17.1. The van der Waals surface area contributed by atoms with Crippen LogP contribution in [0.3, 0.4) is 0 Å². The molecule has 0 amide bonds. The van der Waals surface area contributed by atoms with Crippen LogP contribution in [0.15, 0.2) is 54.9 Å². The van der Waals surface area contributed by atoms with Crippen LogP contribution in [-0.2, 0) is 9.47 Å². The molecule has 0 aliphatic heterocycles. The Balaban J connectivity index is 1.94. The van der Waals surface area contributed by atoms with Crippen LogP contribution in [0.5, 0.6) is 11.5 Å². The van der Waals surface area contributed by atoms with Crippen molar-refractivity contribution in [2.24, 2.45) is 0 Å². The zero-order valence-electron chi connectivity index (χ0n) is 17.2. The highest BCUT2D eigenvalue weighted by molar-refractivity contribution is 5.94. The number of esters is 1. The number of carbonyl (C=O) groups is 2. The lowest BCUT2D eigenvalue weighted by molar-refractivity contribution is 0.0483. The van der Waals surface area contributed by atoms with Crippen molar-refractivity contribution < 1.29 is 23.8 Å². The summed E-state index contributed by atoms with van der Waals surface area (Å²) in [5.74, 6) is 0.485. The van der Waals surface area contributed by atoms with Crippen LogP contribution in [0.25, 0.3) is 11.3 Å². The van der Waals surface area contributed by atoms with Gasteiger partial charge in [-0.05, 0) is 57.2 Å². The van der Waals surface area contributed by atoms with Gasteiger partial charge in [-0.3, -0.25) is 4.98 Å². The number of methoxy groups -OCH3 is 1. The molecule has 3 aromatic rings. The minimum Gasteiger partial charge on any atom is -0.464 e. The highest BCUT2D eigenvalue weighted by Crippen LogP contribution is 2.28. The molecule has 0 aliphatic rings. The third kappa shape index (κ3) is 4.96. The van der Waals surface area contributed by atoms with Crippen molar-refractivity contribution in [3.8, 4) is 22.8 Å². The highest BCUT2D eigenvalue weighted by atomic mass is 16.6. The number of carbonyl (C=O) groups excluding carboxylic acids is 2. The molecular formula is C22H23N3O5. The maximum atomic E-state index is 12.6. The number of aromatic nitrogens is 2. The van der Waals surface area contributed by atoms with Gasteiger partial charge < -0.3 is 19.9 Å². The third-order valence-electron chi connectivity index (χ3n) is 3.95. The molecule has 0 saturated heterocycles. The molecule has 0 fully saturated rings. The van der Waals surface area contributed by atoms with Crippen molar-refractivity contribution in [3.63, 3.8) is 0 Å². The van der Waals surface area contributed by atoms with E-state index >= 15 is 0 Å². The van der Waals surface area contributed by atoms with Gasteiger partial charge in [-0.15, -0.1) is 0 Å². The number of hydrogen-bond donors (Lipinski definition) is 1. The second kappa shape index (κ2) is 8.28. The van der Waals surface area contributed by atoms with Gasteiger partial charge in [0.15, 0.2) is 0 Å². The SMILES string of the molecule is COC(=O)c1cc(-c2cc(Oc3ccc(N)cc3)ccn2)cn1C(=O)OC(C)(C)C. The maximum Gasteiger partial charge on any atom is 0.419 e. The fraction of sp³-hybridized carbons (Fsp3) is 0.227. The molecule has 0 unspecified atom stereocenters. The number of ether oxygens (including phenoxy) is 3. The number of pyridine rings is 1. The van der Waals surface area contributed by atoms with E-state index in [1.165, 1.54) is 19.4 Å². The van der Waals surface area contributed by atoms with Gasteiger partial charge >= 0.3 is 12.1 Å². The minimum atomic E-state index is -0.722. The summed E-state index contributed by atoms with van der Waals surface area (Å²) in [6, 6.07) is 11.9. The molecule has 8 nitrogen and oxygen atoms in total. The fourth-order valence-corrected chi connectivity index (χ4v) is 2.63. The van der Waals surface area contributed by atoms with Gasteiger partial charge in [0.1, 0.15) is 22.8 Å². The number of nitrogens with two attached hydrogens (primary N) is 1. The molecule has 0 saturated carbocycles. The van der Waals surface area contributed by atoms with Crippen molar-refractivity contribution in [1.82, 2.24) is 9.55 Å². The maximum absolute atomic E-state index is 12.6. The summed E-state index contributed by atoms with van der Waals surface area (Å²) in [7, 11) is 1.24. The Labute approximate surface area is 174 Å². The normalized spacial score (nSPS) is 11.1. The first-order valence-corrected chi connectivity index (χ1v) is 9.20. The van der Waals surface area contributed by atoms with Gasteiger partial charge in [0.25, 0.3) is 0 Å². The summed E-state index contributed by atoms with van der Waals surface area (Å²) in [6.07, 6.45) is 2.36. The second-order valence-corrected chi connectivity index (χ2v) is 7.50. The Morgan fingerprint density at radius 3 is 2.37 bits per heavy atom. The zero-order valence-corrected chi connectivity index (χ0v) is 17.2. The molecule has 2 heterocycles. The smallest absolute Gasteiger partial charge is 0.419 e. The lowest BCUT2D eigenvalue weighted by Gasteiger charge is -2.20. The van der Waals surface area contributed by atoms with E-state index in [-0.39, 0.29) is 5.69 Å². The van der Waals surface area contributed by atoms with E-state index in [1.54, 1.807) is 63.4 Å². The van der Waals surface area contributed by atoms with Crippen LogP contribution < -0.4 is 10.5 Å². The molecule has 3 rings (SSSR count). The molecular weight excluding hydrogens is 386 g/mol. The predicted molar refractivity (Wildman–Crippen MR) is 112 cm³/mol. The Bertz CT molecular complexity index is 1070. The predicted octanol–water partition coefficient (Wildman–Crippen LogP) is 4.49. The molecule has 2 aromatic heterocycles. The number of anilines is 1. The van der Waals surface area contributed by atoms with E-state index in [4.69, 9.17) is 19.9 Å². The van der Waals surface area contributed by atoms with Crippen LogP contribution in [0, 0.1) is 0 Å². The standard InChI is InChI=1S/C22H23N3O5/c1-22(2,3)30-21(27)25-13-14(11-19(25)20(26)28-4)18-12-17(9-10-24-18)29-16-7-5-15(23)6-8-16/h5-13H,23H2,1-4H3. The molecule has 0 radical (unpaired) electrons. The number of nitrogens with zero attached hydrogens (tertiary/aromatic N) is 2. The molecule has 156 valence electrons. The monoisotopic (exact) mass is 409 g/mol. The molecule has 1 aromatic carbocycles. The summed E-state index contributed by atoms with van der Waals surface area (Å²) in [6.45, 7) is 5.23.